The Morgan fingerprint density at radius 1 is 0.714 bits per heavy atom. The molecule has 2 heterocycles. The molecule has 4 rings (SSSR count). The molecule has 0 amide bonds. The smallest absolute Gasteiger partial charge is 0.341 e. The van der Waals surface area contributed by atoms with E-state index in [2.05, 4.69) is 0 Å². The van der Waals surface area contributed by atoms with Crippen LogP contribution in [-0.2, 0) is 14.2 Å². The predicted molar refractivity (Wildman–Crippen MR) is 70.3 cm³/mol. The first-order chi connectivity index (χ1) is 10.2. The Bertz CT molecular complexity index is 688. The van der Waals surface area contributed by atoms with Gasteiger partial charge in [-0.15, -0.1) is 0 Å². The third-order valence-electron chi connectivity index (χ3n) is 3.54. The average molecular weight is 282 g/mol. The Balaban J connectivity index is 1.64. The molecule has 2 atom stereocenters. The van der Waals surface area contributed by atoms with E-state index in [1.165, 1.54) is 0 Å². The Morgan fingerprint density at radius 3 is 1.62 bits per heavy atom. The van der Waals surface area contributed by atoms with Gasteiger partial charge < -0.3 is 9.47 Å². The molecule has 2 aromatic carbocycles. The lowest BCUT2D eigenvalue weighted by molar-refractivity contribution is -0.206. The highest BCUT2D eigenvalue weighted by atomic mass is 16.8. The van der Waals surface area contributed by atoms with Crippen molar-refractivity contribution in [3.05, 3.63) is 70.8 Å². The molecular weight excluding hydrogens is 272 g/mol. The van der Waals surface area contributed by atoms with Crippen molar-refractivity contribution in [1.82, 2.24) is 0 Å². The minimum atomic E-state index is -0.863. The van der Waals surface area contributed by atoms with Gasteiger partial charge in [-0.2, -0.15) is 0 Å². The number of hydrogen-bond acceptors (Lipinski definition) is 5. The molecule has 5 nitrogen and oxygen atoms in total. The lowest BCUT2D eigenvalue weighted by Crippen LogP contribution is -2.10. The Hall–Kier alpha value is -2.66. The van der Waals surface area contributed by atoms with Crippen LogP contribution in [0.4, 0.5) is 0 Å². The van der Waals surface area contributed by atoms with E-state index in [0.717, 1.165) is 0 Å². The number of cyclic esters (lactones) is 2. The SMILES string of the molecule is O=C1OC(OC2OC(=O)c3ccccc32)c2ccccc21. The van der Waals surface area contributed by atoms with Crippen LogP contribution in [0.1, 0.15) is 44.4 Å². The summed E-state index contributed by atoms with van der Waals surface area (Å²) in [6.07, 6.45) is -1.73. The van der Waals surface area contributed by atoms with Gasteiger partial charge in [-0.1, -0.05) is 36.4 Å². The van der Waals surface area contributed by atoms with E-state index in [1.807, 2.05) is 0 Å². The molecule has 21 heavy (non-hydrogen) atoms. The number of carbonyl (C=O) groups excluding carboxylic acids is 2. The Kier molecular flexibility index (Phi) is 2.55. The summed E-state index contributed by atoms with van der Waals surface area (Å²) in [5, 5.41) is 0. The second kappa shape index (κ2) is 4.43. The second-order valence-electron chi connectivity index (χ2n) is 4.79. The molecule has 0 aromatic heterocycles. The summed E-state index contributed by atoms with van der Waals surface area (Å²) in [6, 6.07) is 14.0. The largest absolute Gasteiger partial charge is 0.427 e. The molecule has 0 N–H and O–H groups in total. The van der Waals surface area contributed by atoms with Crippen LogP contribution in [0.25, 0.3) is 0 Å². The number of benzene rings is 2. The van der Waals surface area contributed by atoms with Gasteiger partial charge in [-0.05, 0) is 12.1 Å². The second-order valence-corrected chi connectivity index (χ2v) is 4.79. The molecule has 0 radical (unpaired) electrons. The standard InChI is InChI=1S/C16H10O5/c17-13-9-5-1-3-7-11(9)15(19-13)21-16-12-8-4-2-6-10(12)14(18)20-16/h1-8,15-16H. The van der Waals surface area contributed by atoms with E-state index in [9.17, 15) is 9.59 Å². The van der Waals surface area contributed by atoms with Gasteiger partial charge in [0.15, 0.2) is 0 Å². The van der Waals surface area contributed by atoms with Crippen LogP contribution in [0.5, 0.6) is 0 Å². The number of fused-ring (bicyclic) bond motifs is 2. The lowest BCUT2D eigenvalue weighted by Gasteiger charge is -2.17. The van der Waals surface area contributed by atoms with Crippen LogP contribution >= 0.6 is 0 Å². The fourth-order valence-corrected chi connectivity index (χ4v) is 2.54. The van der Waals surface area contributed by atoms with Gasteiger partial charge in [0.2, 0.25) is 12.6 Å². The van der Waals surface area contributed by atoms with Crippen LogP contribution in [0.2, 0.25) is 0 Å². The zero-order chi connectivity index (χ0) is 14.4. The summed E-state index contributed by atoms with van der Waals surface area (Å²) in [7, 11) is 0. The van der Waals surface area contributed by atoms with Crippen LogP contribution in [0.3, 0.4) is 0 Å². The monoisotopic (exact) mass is 282 g/mol. The molecule has 5 heteroatoms. The molecule has 0 saturated carbocycles. The molecule has 0 aliphatic carbocycles. The molecule has 0 fully saturated rings. The highest BCUT2D eigenvalue weighted by molar-refractivity contribution is 5.94. The first-order valence-electron chi connectivity index (χ1n) is 6.49. The zero-order valence-corrected chi connectivity index (χ0v) is 10.8. The third kappa shape index (κ3) is 1.82. The van der Waals surface area contributed by atoms with Crippen molar-refractivity contribution in [3.8, 4) is 0 Å². The molecule has 0 bridgehead atoms. The first-order valence-corrected chi connectivity index (χ1v) is 6.49. The third-order valence-corrected chi connectivity index (χ3v) is 3.54. The number of esters is 2. The minimum Gasteiger partial charge on any atom is -0.427 e. The van der Waals surface area contributed by atoms with Crippen LogP contribution in [-0.4, -0.2) is 11.9 Å². The van der Waals surface area contributed by atoms with E-state index in [0.29, 0.717) is 22.3 Å². The normalized spacial score (nSPS) is 22.5. The van der Waals surface area contributed by atoms with Gasteiger partial charge in [0, 0.05) is 11.1 Å². The average Bonchev–Trinajstić information content (AvgIpc) is 3.00. The van der Waals surface area contributed by atoms with Crippen molar-refractivity contribution in [2.45, 2.75) is 12.6 Å². The molecule has 2 aliphatic rings. The summed E-state index contributed by atoms with van der Waals surface area (Å²) in [6.45, 7) is 0. The van der Waals surface area contributed by atoms with Gasteiger partial charge >= 0.3 is 11.9 Å². The molecule has 2 aromatic rings. The summed E-state index contributed by atoms with van der Waals surface area (Å²) in [5.41, 5.74) is 2.23. The van der Waals surface area contributed by atoms with E-state index >= 15 is 0 Å². The Labute approximate surface area is 120 Å². The molecule has 104 valence electrons. The van der Waals surface area contributed by atoms with E-state index in [4.69, 9.17) is 14.2 Å². The minimum absolute atomic E-state index is 0.437. The zero-order valence-electron chi connectivity index (χ0n) is 10.8. The number of carbonyl (C=O) groups is 2. The lowest BCUT2D eigenvalue weighted by atomic mass is 10.1. The van der Waals surface area contributed by atoms with Crippen molar-refractivity contribution >= 4 is 11.9 Å². The first kappa shape index (κ1) is 12.1. The highest BCUT2D eigenvalue weighted by Gasteiger charge is 2.38. The summed E-state index contributed by atoms with van der Waals surface area (Å²) in [4.78, 5) is 23.5. The summed E-state index contributed by atoms with van der Waals surface area (Å²) in [5.74, 6) is -0.874. The van der Waals surface area contributed by atoms with Gasteiger partial charge in [0.25, 0.3) is 0 Å². The number of ether oxygens (including phenoxy) is 3. The maximum atomic E-state index is 11.7. The van der Waals surface area contributed by atoms with Gasteiger partial charge in [0.1, 0.15) is 0 Å². The van der Waals surface area contributed by atoms with Crippen LogP contribution in [0.15, 0.2) is 48.5 Å². The predicted octanol–water partition coefficient (Wildman–Crippen LogP) is 2.74. The van der Waals surface area contributed by atoms with Gasteiger partial charge in [-0.25, -0.2) is 9.59 Å². The van der Waals surface area contributed by atoms with E-state index in [1.54, 1.807) is 48.5 Å². The van der Waals surface area contributed by atoms with Crippen molar-refractivity contribution in [1.29, 1.82) is 0 Å². The van der Waals surface area contributed by atoms with Crippen molar-refractivity contribution in [2.75, 3.05) is 0 Å². The maximum absolute atomic E-state index is 11.7. The quantitative estimate of drug-likeness (QED) is 0.792. The number of rotatable bonds is 2. The number of hydrogen-bond donors (Lipinski definition) is 0. The van der Waals surface area contributed by atoms with Crippen molar-refractivity contribution in [3.63, 3.8) is 0 Å². The topological polar surface area (TPSA) is 61.8 Å². The van der Waals surface area contributed by atoms with Crippen molar-refractivity contribution < 1.29 is 23.8 Å². The molecular formula is C16H10O5. The molecule has 2 unspecified atom stereocenters. The Morgan fingerprint density at radius 2 is 1.14 bits per heavy atom. The van der Waals surface area contributed by atoms with Crippen LogP contribution < -0.4 is 0 Å². The fourth-order valence-electron chi connectivity index (χ4n) is 2.54. The van der Waals surface area contributed by atoms with Gasteiger partial charge in [0.05, 0.1) is 11.1 Å². The molecule has 2 aliphatic heterocycles. The van der Waals surface area contributed by atoms with E-state index in [-0.39, 0.29) is 0 Å². The fraction of sp³-hybridized carbons (Fsp3) is 0.125. The van der Waals surface area contributed by atoms with E-state index < -0.39 is 24.5 Å². The van der Waals surface area contributed by atoms with Crippen molar-refractivity contribution in [2.24, 2.45) is 0 Å². The molecule has 0 spiro atoms. The van der Waals surface area contributed by atoms with Gasteiger partial charge in [-0.3, -0.25) is 4.74 Å². The highest BCUT2D eigenvalue weighted by Crippen LogP contribution is 2.39. The van der Waals surface area contributed by atoms with Crippen LogP contribution in [0, 0.1) is 0 Å². The maximum Gasteiger partial charge on any atom is 0.341 e. The molecule has 0 saturated heterocycles. The summed E-state index contributed by atoms with van der Waals surface area (Å²) < 4.78 is 16.1. The summed E-state index contributed by atoms with van der Waals surface area (Å²) >= 11 is 0.